The Kier molecular flexibility index (Phi) is 7.63. The minimum absolute atomic E-state index is 0.0385. The van der Waals surface area contributed by atoms with Crippen molar-refractivity contribution >= 4 is 11.6 Å². The third-order valence-electron chi connectivity index (χ3n) is 9.63. The zero-order valence-electron chi connectivity index (χ0n) is 25.4. The molecule has 6 rings (SSSR count). The number of fused-ring (bicyclic) bond motifs is 1. The normalized spacial score (nSPS) is 25.0. The Bertz CT molecular complexity index is 1510. The average Bonchev–Trinajstić information content (AvgIpc) is 3.51. The molecule has 11 heteroatoms. The molecule has 3 aromatic rings. The molecule has 1 unspecified atom stereocenters. The van der Waals surface area contributed by atoms with E-state index in [2.05, 4.69) is 40.9 Å². The summed E-state index contributed by atoms with van der Waals surface area (Å²) in [6, 6.07) is 10.7. The Labute approximate surface area is 250 Å². The number of halogens is 3. The lowest BCUT2D eigenvalue weighted by molar-refractivity contribution is -0.138. The summed E-state index contributed by atoms with van der Waals surface area (Å²) in [6.45, 7) is 7.00. The number of hydrogen-bond acceptors (Lipinski definition) is 6. The van der Waals surface area contributed by atoms with Gasteiger partial charge in [-0.25, -0.2) is 0 Å². The van der Waals surface area contributed by atoms with Crippen LogP contribution in [0.3, 0.4) is 0 Å². The summed E-state index contributed by atoms with van der Waals surface area (Å²) in [7, 11) is 5.65. The standard InChI is InChI=1S/C32H39F3N6O2/c1-20(2)28-18-38(3)9-10-40(28)16-21-11-25-26(27(12-21)32(33,34)35)17-41(29(25)42)23-8-6-7-22(13-23)31(14-24(15-31)43-5)30-37-36-19-39(30)4/h6-8,11-13,19-20,24,28H,9-10,14-18H2,1-5H3. The molecular formula is C32H39F3N6O2. The highest BCUT2D eigenvalue weighted by Crippen LogP contribution is 2.50. The number of carbonyl (C=O) groups excluding carboxylic acids is 1. The highest BCUT2D eigenvalue weighted by atomic mass is 19.4. The van der Waals surface area contributed by atoms with Crippen molar-refractivity contribution < 1.29 is 22.7 Å². The van der Waals surface area contributed by atoms with Crippen molar-refractivity contribution in [3.8, 4) is 0 Å². The lowest BCUT2D eigenvalue weighted by Gasteiger charge is -2.46. The van der Waals surface area contributed by atoms with Crippen LogP contribution in [0, 0.1) is 5.92 Å². The maximum absolute atomic E-state index is 14.5. The summed E-state index contributed by atoms with van der Waals surface area (Å²) in [5, 5.41) is 8.47. The molecule has 8 nitrogen and oxygen atoms in total. The van der Waals surface area contributed by atoms with E-state index in [1.165, 1.54) is 11.0 Å². The van der Waals surface area contributed by atoms with Crippen molar-refractivity contribution in [3.63, 3.8) is 0 Å². The molecule has 43 heavy (non-hydrogen) atoms. The summed E-state index contributed by atoms with van der Waals surface area (Å²) in [6.07, 6.45) is -1.48. The van der Waals surface area contributed by atoms with Crippen LogP contribution in [0.25, 0.3) is 0 Å². The number of aromatic nitrogens is 3. The van der Waals surface area contributed by atoms with Crippen molar-refractivity contribution in [2.45, 2.75) is 63.5 Å². The van der Waals surface area contributed by atoms with Gasteiger partial charge in [-0.3, -0.25) is 9.69 Å². The van der Waals surface area contributed by atoms with Crippen molar-refractivity contribution in [2.75, 3.05) is 38.7 Å². The molecule has 2 aromatic carbocycles. The van der Waals surface area contributed by atoms with Crippen molar-refractivity contribution in [1.82, 2.24) is 24.6 Å². The van der Waals surface area contributed by atoms with Gasteiger partial charge in [0.1, 0.15) is 12.2 Å². The highest BCUT2D eigenvalue weighted by molar-refractivity contribution is 6.10. The molecule has 230 valence electrons. The summed E-state index contributed by atoms with van der Waals surface area (Å²) >= 11 is 0. The van der Waals surface area contributed by atoms with Crippen molar-refractivity contribution in [1.29, 1.82) is 0 Å². The van der Waals surface area contributed by atoms with E-state index in [4.69, 9.17) is 4.74 Å². The topological polar surface area (TPSA) is 66.7 Å². The van der Waals surface area contributed by atoms with Gasteiger partial charge < -0.3 is 19.1 Å². The van der Waals surface area contributed by atoms with Crippen molar-refractivity contribution in [3.05, 3.63) is 76.4 Å². The van der Waals surface area contributed by atoms with Gasteiger partial charge in [-0.1, -0.05) is 26.0 Å². The van der Waals surface area contributed by atoms with E-state index < -0.39 is 23.1 Å². The van der Waals surface area contributed by atoms with Gasteiger partial charge in [0.25, 0.3) is 5.91 Å². The summed E-state index contributed by atoms with van der Waals surface area (Å²) in [5.41, 5.74) is 1.01. The van der Waals surface area contributed by atoms with Crippen LogP contribution in [-0.4, -0.2) is 76.4 Å². The zero-order valence-corrected chi connectivity index (χ0v) is 25.4. The largest absolute Gasteiger partial charge is 0.416 e. The fraction of sp³-hybridized carbons (Fsp3) is 0.531. The maximum atomic E-state index is 14.5. The lowest BCUT2D eigenvalue weighted by atomic mass is 9.62. The molecule has 3 heterocycles. The van der Waals surface area contributed by atoms with E-state index in [1.54, 1.807) is 25.6 Å². The number of alkyl halides is 3. The average molecular weight is 597 g/mol. The summed E-state index contributed by atoms with van der Waals surface area (Å²) < 4.78 is 50.9. The van der Waals surface area contributed by atoms with Crippen LogP contribution in [-0.2, 0) is 36.5 Å². The number of nitrogens with zero attached hydrogens (tertiary/aromatic N) is 6. The Hall–Kier alpha value is -3.28. The van der Waals surface area contributed by atoms with Crippen LogP contribution in [0.1, 0.15) is 65.1 Å². The number of carbonyl (C=O) groups is 1. The molecule has 1 saturated carbocycles. The third-order valence-corrected chi connectivity index (χ3v) is 9.63. The minimum atomic E-state index is -4.58. The van der Waals surface area contributed by atoms with Gasteiger partial charge in [0.15, 0.2) is 0 Å². The van der Waals surface area contributed by atoms with Crippen LogP contribution in [0.15, 0.2) is 42.7 Å². The first-order valence-electron chi connectivity index (χ1n) is 14.9. The highest BCUT2D eigenvalue weighted by Gasteiger charge is 2.50. The third kappa shape index (κ3) is 5.25. The van der Waals surface area contributed by atoms with Crippen molar-refractivity contribution in [2.24, 2.45) is 13.0 Å². The number of hydrogen-bond donors (Lipinski definition) is 0. The smallest absolute Gasteiger partial charge is 0.381 e. The predicted molar refractivity (Wildman–Crippen MR) is 157 cm³/mol. The number of anilines is 1. The van der Waals surface area contributed by atoms with E-state index in [9.17, 15) is 18.0 Å². The molecule has 0 bridgehead atoms. The SMILES string of the molecule is COC1CC(c2cccc(N3Cc4c(cc(CN5CCN(C)CC5C(C)C)cc4C(F)(F)F)C3=O)c2)(c2nncn2C)C1. The Balaban J connectivity index is 1.34. The molecule has 1 amide bonds. The molecule has 3 aliphatic rings. The molecule has 1 atom stereocenters. The first-order chi connectivity index (χ1) is 20.4. The quantitative estimate of drug-likeness (QED) is 0.388. The molecule has 0 radical (unpaired) electrons. The molecule has 2 fully saturated rings. The zero-order chi connectivity index (χ0) is 30.7. The van der Waals surface area contributed by atoms with E-state index in [-0.39, 0.29) is 29.8 Å². The number of rotatable bonds is 7. The second-order valence-corrected chi connectivity index (χ2v) is 12.8. The molecule has 2 aliphatic heterocycles. The Morgan fingerprint density at radius 3 is 2.53 bits per heavy atom. The predicted octanol–water partition coefficient (Wildman–Crippen LogP) is 4.86. The molecular weight excluding hydrogens is 557 g/mol. The molecule has 0 N–H and O–H groups in total. The van der Waals surface area contributed by atoms with Crippen LogP contribution >= 0.6 is 0 Å². The van der Waals surface area contributed by atoms with Gasteiger partial charge in [0.2, 0.25) is 0 Å². The van der Waals surface area contributed by atoms with Gasteiger partial charge in [0.05, 0.1) is 23.6 Å². The van der Waals surface area contributed by atoms with Gasteiger partial charge >= 0.3 is 6.18 Å². The van der Waals surface area contributed by atoms with E-state index in [0.717, 1.165) is 31.0 Å². The molecule has 0 spiro atoms. The number of piperazine rings is 1. The summed E-state index contributed by atoms with van der Waals surface area (Å²) in [5.74, 6) is 0.735. The monoisotopic (exact) mass is 596 g/mol. The van der Waals surface area contributed by atoms with Gasteiger partial charge in [-0.15, -0.1) is 10.2 Å². The number of benzene rings is 2. The fourth-order valence-corrected chi connectivity index (χ4v) is 7.19. The maximum Gasteiger partial charge on any atom is 0.416 e. The summed E-state index contributed by atoms with van der Waals surface area (Å²) in [4.78, 5) is 19.8. The van der Waals surface area contributed by atoms with Crippen LogP contribution < -0.4 is 4.90 Å². The van der Waals surface area contributed by atoms with E-state index in [0.29, 0.717) is 36.6 Å². The first-order valence-corrected chi connectivity index (χ1v) is 14.9. The second kappa shape index (κ2) is 11.0. The minimum Gasteiger partial charge on any atom is -0.381 e. The lowest BCUT2D eigenvalue weighted by Crippen LogP contribution is -2.53. The molecule has 1 aliphatic carbocycles. The number of ether oxygens (including phenoxy) is 1. The van der Waals surface area contributed by atoms with E-state index >= 15 is 0 Å². The number of aryl methyl sites for hydroxylation is 1. The van der Waals surface area contributed by atoms with Gasteiger partial charge in [-0.2, -0.15) is 13.2 Å². The molecule has 1 aromatic heterocycles. The number of methoxy groups -OCH3 is 1. The van der Waals surface area contributed by atoms with E-state index in [1.807, 2.05) is 29.8 Å². The second-order valence-electron chi connectivity index (χ2n) is 12.8. The molecule has 1 saturated heterocycles. The van der Waals surface area contributed by atoms with Crippen LogP contribution in [0.5, 0.6) is 0 Å². The fourth-order valence-electron chi connectivity index (χ4n) is 7.19. The first kappa shape index (κ1) is 29.8. The number of amides is 1. The van der Waals surface area contributed by atoms with Crippen LogP contribution in [0.2, 0.25) is 0 Å². The number of likely N-dealkylation sites (N-methyl/N-ethyl adjacent to an activating group) is 1. The van der Waals surface area contributed by atoms with Gasteiger partial charge in [0, 0.05) is 57.6 Å². The Morgan fingerprint density at radius 2 is 1.88 bits per heavy atom. The van der Waals surface area contributed by atoms with Crippen LogP contribution in [0.4, 0.5) is 18.9 Å². The van der Waals surface area contributed by atoms with Gasteiger partial charge in [-0.05, 0) is 66.8 Å². The Morgan fingerprint density at radius 1 is 1.12 bits per heavy atom.